The minimum atomic E-state index is 0.161. The van der Waals surface area contributed by atoms with Gasteiger partial charge in [0, 0.05) is 22.1 Å². The van der Waals surface area contributed by atoms with Crippen molar-refractivity contribution in [1.82, 2.24) is 4.57 Å². The number of anilines is 3. The van der Waals surface area contributed by atoms with Crippen molar-refractivity contribution in [2.24, 2.45) is 0 Å². The Morgan fingerprint density at radius 3 is 1.68 bits per heavy atom. The number of para-hydroxylation sites is 4. The number of fused-ring (bicyclic) bond motifs is 6. The zero-order valence-corrected chi connectivity index (χ0v) is 20.8. The standard InChI is InChI=1S/C34H24BN3/c1-3-11-31-29(9-1)30-10-2-4-12-32(30)37(31)27-19-15-25(16-20-27)26-17-21-28(22-18-26)38-34-14-6-5-13-33(34)36-24-8-7-23-35(36)38/h1-24H. The molecule has 0 N–H and O–H groups in total. The van der Waals surface area contributed by atoms with Crippen molar-refractivity contribution in [1.29, 1.82) is 0 Å². The van der Waals surface area contributed by atoms with Crippen molar-refractivity contribution in [2.45, 2.75) is 0 Å². The summed E-state index contributed by atoms with van der Waals surface area (Å²) < 4.78 is 2.36. The lowest BCUT2D eigenvalue weighted by molar-refractivity contribution is 1.18. The summed E-state index contributed by atoms with van der Waals surface area (Å²) in [6.07, 6.45) is 6.40. The first kappa shape index (κ1) is 21.2. The lowest BCUT2D eigenvalue weighted by atomic mass is 9.71. The molecule has 0 fully saturated rings. The second-order valence-corrected chi connectivity index (χ2v) is 9.87. The molecule has 0 unspecified atom stereocenters. The maximum Gasteiger partial charge on any atom is 0.412 e. The lowest BCUT2D eigenvalue weighted by Gasteiger charge is -2.27. The Morgan fingerprint density at radius 2 is 1.03 bits per heavy atom. The third-order valence-electron chi connectivity index (χ3n) is 7.79. The Kier molecular flexibility index (Phi) is 4.62. The quantitative estimate of drug-likeness (QED) is 0.233. The molecule has 0 saturated carbocycles. The molecule has 3 nitrogen and oxygen atoms in total. The van der Waals surface area contributed by atoms with Gasteiger partial charge in [0.1, 0.15) is 0 Å². The van der Waals surface area contributed by atoms with Crippen molar-refractivity contribution in [3.05, 3.63) is 146 Å². The normalized spacial score (nSPS) is 13.9. The molecule has 0 spiro atoms. The number of hydrogen-bond donors (Lipinski definition) is 0. The average molecular weight is 485 g/mol. The molecule has 0 aliphatic carbocycles. The second-order valence-electron chi connectivity index (χ2n) is 9.87. The van der Waals surface area contributed by atoms with Gasteiger partial charge in [-0.25, -0.2) is 0 Å². The second kappa shape index (κ2) is 8.29. The molecule has 1 aromatic heterocycles. The number of rotatable bonds is 3. The van der Waals surface area contributed by atoms with Gasteiger partial charge in [0.15, 0.2) is 0 Å². The van der Waals surface area contributed by atoms with Crippen LogP contribution in [-0.4, -0.2) is 11.5 Å². The summed E-state index contributed by atoms with van der Waals surface area (Å²) in [6.45, 7) is 0.161. The van der Waals surface area contributed by atoms with Gasteiger partial charge in [0.25, 0.3) is 0 Å². The van der Waals surface area contributed by atoms with E-state index in [9.17, 15) is 0 Å². The van der Waals surface area contributed by atoms with Gasteiger partial charge in [-0.2, -0.15) is 0 Å². The summed E-state index contributed by atoms with van der Waals surface area (Å²) in [7, 11) is 0. The van der Waals surface area contributed by atoms with E-state index in [0.717, 1.165) is 0 Å². The van der Waals surface area contributed by atoms with Crippen LogP contribution in [0, 0.1) is 0 Å². The maximum atomic E-state index is 2.41. The van der Waals surface area contributed by atoms with Gasteiger partial charge >= 0.3 is 6.98 Å². The van der Waals surface area contributed by atoms with Gasteiger partial charge in [-0.15, -0.1) is 0 Å². The van der Waals surface area contributed by atoms with Gasteiger partial charge in [-0.05, 0) is 71.9 Å². The van der Waals surface area contributed by atoms with Crippen molar-refractivity contribution in [3.63, 3.8) is 0 Å². The summed E-state index contributed by atoms with van der Waals surface area (Å²) in [5.74, 6) is 2.25. The minimum Gasteiger partial charge on any atom is -0.367 e. The van der Waals surface area contributed by atoms with Crippen LogP contribution in [0.5, 0.6) is 0 Å². The predicted octanol–water partition coefficient (Wildman–Crippen LogP) is 8.52. The highest BCUT2D eigenvalue weighted by atomic mass is 15.3. The number of hydrogen-bond acceptors (Lipinski definition) is 2. The number of benzene rings is 5. The zero-order chi connectivity index (χ0) is 25.1. The van der Waals surface area contributed by atoms with E-state index < -0.39 is 0 Å². The average Bonchev–Trinajstić information content (AvgIpc) is 3.51. The van der Waals surface area contributed by atoms with Crippen molar-refractivity contribution in [2.75, 3.05) is 9.62 Å². The Hall–Kier alpha value is -4.96. The van der Waals surface area contributed by atoms with Gasteiger partial charge in [-0.1, -0.05) is 84.8 Å². The molecule has 2 aliphatic heterocycles. The van der Waals surface area contributed by atoms with Crippen LogP contribution in [0.2, 0.25) is 0 Å². The fourth-order valence-electron chi connectivity index (χ4n) is 6.06. The number of nitrogens with zero attached hydrogens (tertiary/aromatic N) is 3. The molecule has 4 heteroatoms. The van der Waals surface area contributed by atoms with Crippen LogP contribution in [0.15, 0.2) is 146 Å². The van der Waals surface area contributed by atoms with Crippen LogP contribution in [-0.2, 0) is 0 Å². The highest BCUT2D eigenvalue weighted by Crippen LogP contribution is 2.44. The number of allylic oxidation sites excluding steroid dienone is 2. The molecule has 0 bridgehead atoms. The fraction of sp³-hybridized carbons (Fsp3) is 0. The van der Waals surface area contributed by atoms with Crippen LogP contribution in [0.25, 0.3) is 38.6 Å². The first-order chi connectivity index (χ1) is 18.9. The Balaban J connectivity index is 1.14. The fourth-order valence-corrected chi connectivity index (χ4v) is 6.06. The number of aromatic nitrogens is 1. The largest absolute Gasteiger partial charge is 0.412 e. The lowest BCUT2D eigenvalue weighted by Crippen LogP contribution is -2.42. The Morgan fingerprint density at radius 1 is 0.474 bits per heavy atom. The van der Waals surface area contributed by atoms with Crippen LogP contribution in [0.1, 0.15) is 0 Å². The highest BCUT2D eigenvalue weighted by molar-refractivity contribution is 6.76. The zero-order valence-electron chi connectivity index (χ0n) is 20.8. The molecule has 6 aromatic rings. The Bertz CT molecular complexity index is 1830. The summed E-state index contributed by atoms with van der Waals surface area (Å²) in [4.78, 5) is 4.74. The van der Waals surface area contributed by atoms with E-state index in [2.05, 4.69) is 160 Å². The van der Waals surface area contributed by atoms with Crippen LogP contribution >= 0.6 is 0 Å². The maximum absolute atomic E-state index is 2.41. The monoisotopic (exact) mass is 485 g/mol. The minimum absolute atomic E-state index is 0.161. The topological polar surface area (TPSA) is 11.4 Å². The van der Waals surface area contributed by atoms with E-state index in [1.165, 1.54) is 55.7 Å². The SMILES string of the molecule is C1=CB2N(C=C1)c1ccccc1N2c1ccc(-c2ccc(-n3c4ccccc4c4ccccc43)cc2)cc1. The molecule has 0 amide bonds. The molecule has 0 saturated heterocycles. The molecular weight excluding hydrogens is 461 g/mol. The smallest absolute Gasteiger partial charge is 0.367 e. The van der Waals surface area contributed by atoms with Crippen LogP contribution < -0.4 is 9.62 Å². The molecule has 0 atom stereocenters. The molecule has 8 rings (SSSR count). The Labute approximate surface area is 222 Å². The molecule has 0 radical (unpaired) electrons. The van der Waals surface area contributed by atoms with E-state index >= 15 is 0 Å². The summed E-state index contributed by atoms with van der Waals surface area (Å²) >= 11 is 0. The summed E-state index contributed by atoms with van der Waals surface area (Å²) in [5.41, 5.74) is 9.73. The third kappa shape index (κ3) is 3.10. The summed E-state index contributed by atoms with van der Waals surface area (Å²) in [6, 6.07) is 43.8. The summed E-state index contributed by atoms with van der Waals surface area (Å²) in [5, 5.41) is 2.57. The van der Waals surface area contributed by atoms with E-state index in [-0.39, 0.29) is 6.98 Å². The van der Waals surface area contributed by atoms with E-state index in [0.29, 0.717) is 0 Å². The highest BCUT2D eigenvalue weighted by Gasteiger charge is 2.39. The van der Waals surface area contributed by atoms with Crippen molar-refractivity contribution in [3.8, 4) is 16.8 Å². The molecule has 178 valence electrons. The van der Waals surface area contributed by atoms with Crippen molar-refractivity contribution >= 4 is 45.9 Å². The van der Waals surface area contributed by atoms with Crippen molar-refractivity contribution < 1.29 is 0 Å². The van der Waals surface area contributed by atoms with E-state index in [4.69, 9.17) is 0 Å². The molecule has 2 aliphatic rings. The predicted molar refractivity (Wildman–Crippen MR) is 161 cm³/mol. The molecule has 5 aromatic carbocycles. The van der Waals surface area contributed by atoms with Crippen LogP contribution in [0.4, 0.5) is 17.1 Å². The van der Waals surface area contributed by atoms with Gasteiger partial charge in [-0.3, -0.25) is 0 Å². The molecule has 38 heavy (non-hydrogen) atoms. The molecule has 3 heterocycles. The first-order valence-corrected chi connectivity index (χ1v) is 13.1. The van der Waals surface area contributed by atoms with Gasteiger partial charge < -0.3 is 14.2 Å². The van der Waals surface area contributed by atoms with E-state index in [1.54, 1.807) is 0 Å². The van der Waals surface area contributed by atoms with E-state index in [1.807, 2.05) is 0 Å². The molecular formula is C34H24BN3. The van der Waals surface area contributed by atoms with Gasteiger partial charge in [0.2, 0.25) is 0 Å². The van der Waals surface area contributed by atoms with Crippen LogP contribution in [0.3, 0.4) is 0 Å². The first-order valence-electron chi connectivity index (χ1n) is 13.1. The third-order valence-corrected chi connectivity index (χ3v) is 7.79. The van der Waals surface area contributed by atoms with Gasteiger partial charge in [0.05, 0.1) is 22.4 Å².